The molecular formula is C26H22ClNO2. The number of carbonyl (C=O) groups is 1. The van der Waals surface area contributed by atoms with Gasteiger partial charge in [0.25, 0.3) is 0 Å². The molecule has 3 aromatic carbocycles. The van der Waals surface area contributed by atoms with E-state index in [4.69, 9.17) is 11.6 Å². The Morgan fingerprint density at radius 3 is 2.40 bits per heavy atom. The number of aliphatic hydroxyl groups excluding tert-OH is 1. The van der Waals surface area contributed by atoms with E-state index in [9.17, 15) is 9.90 Å². The van der Waals surface area contributed by atoms with Crippen molar-refractivity contribution in [2.45, 2.75) is 24.4 Å². The third-order valence-corrected chi connectivity index (χ3v) is 6.57. The van der Waals surface area contributed by atoms with Gasteiger partial charge in [0.15, 0.2) is 5.78 Å². The average Bonchev–Trinajstić information content (AvgIpc) is 3.05. The molecule has 5 rings (SSSR count). The summed E-state index contributed by atoms with van der Waals surface area (Å²) in [4.78, 5) is 16.1. The maximum absolute atomic E-state index is 13.9. The smallest absolute Gasteiger partial charge is 0.195 e. The maximum atomic E-state index is 13.9. The largest absolute Gasteiger partial charge is 0.396 e. The number of halogens is 1. The molecule has 0 saturated heterocycles. The van der Waals surface area contributed by atoms with Crippen LogP contribution in [0.3, 0.4) is 0 Å². The monoisotopic (exact) mass is 415 g/mol. The van der Waals surface area contributed by atoms with Crippen molar-refractivity contribution in [2.24, 2.45) is 0 Å². The molecule has 2 aliphatic rings. The van der Waals surface area contributed by atoms with E-state index >= 15 is 0 Å². The summed E-state index contributed by atoms with van der Waals surface area (Å²) in [7, 11) is 0. The number of fused-ring (bicyclic) bond motifs is 3. The zero-order chi connectivity index (χ0) is 20.7. The van der Waals surface area contributed by atoms with Crippen LogP contribution in [0.15, 0.2) is 84.9 Å². The van der Waals surface area contributed by atoms with Crippen molar-refractivity contribution in [1.82, 2.24) is 0 Å². The minimum absolute atomic E-state index is 0.0401. The second-order valence-electron chi connectivity index (χ2n) is 7.84. The highest BCUT2D eigenvalue weighted by atomic mass is 35.5. The van der Waals surface area contributed by atoms with Gasteiger partial charge in [-0.05, 0) is 47.4 Å². The van der Waals surface area contributed by atoms with Crippen LogP contribution in [0, 0.1) is 0 Å². The summed E-state index contributed by atoms with van der Waals surface area (Å²) in [6, 6.07) is 25.5. The number of carbonyl (C=O) groups excluding carboxylic acids is 1. The molecule has 3 aromatic rings. The Kier molecular flexibility index (Phi) is 4.73. The molecule has 2 atom stereocenters. The van der Waals surface area contributed by atoms with Gasteiger partial charge in [0.05, 0.1) is 6.04 Å². The number of aliphatic hydroxyl groups is 1. The van der Waals surface area contributed by atoms with Crippen molar-refractivity contribution in [3.05, 3.63) is 107 Å². The second kappa shape index (κ2) is 7.42. The third-order valence-electron chi connectivity index (χ3n) is 6.31. The quantitative estimate of drug-likeness (QED) is 0.613. The van der Waals surface area contributed by atoms with E-state index < -0.39 is 5.54 Å². The SMILES string of the molecule is O=C1c2ccccc2N2[C@H](CCO)C(c3ccccc3)=CC[C@@]12c1ccc(Cl)cc1. The van der Waals surface area contributed by atoms with Crippen molar-refractivity contribution in [3.63, 3.8) is 0 Å². The lowest BCUT2D eigenvalue weighted by atomic mass is 9.75. The normalized spacial score (nSPS) is 22.5. The van der Waals surface area contributed by atoms with Crippen LogP contribution in [0.1, 0.15) is 34.3 Å². The summed E-state index contributed by atoms with van der Waals surface area (Å²) in [5.74, 6) is 0.103. The van der Waals surface area contributed by atoms with Gasteiger partial charge in [-0.25, -0.2) is 0 Å². The number of nitrogens with zero attached hydrogens (tertiary/aromatic N) is 1. The molecule has 3 nitrogen and oxygen atoms in total. The van der Waals surface area contributed by atoms with Crippen LogP contribution < -0.4 is 4.90 Å². The highest BCUT2D eigenvalue weighted by Gasteiger charge is 2.56. The Balaban J connectivity index is 1.76. The molecular weight excluding hydrogens is 394 g/mol. The fourth-order valence-corrected chi connectivity index (χ4v) is 5.16. The van der Waals surface area contributed by atoms with Gasteiger partial charge in [-0.1, -0.05) is 72.3 Å². The standard InChI is InChI=1S/C26H22ClNO2/c27-20-12-10-19(11-13-20)26-16-14-21(18-6-2-1-3-7-18)24(15-17-29)28(26)23-9-5-4-8-22(23)25(26)30/h1-14,24,29H,15-17H2/t24-,26-/m1/s1. The molecule has 0 fully saturated rings. The van der Waals surface area contributed by atoms with E-state index in [-0.39, 0.29) is 18.4 Å². The first-order valence-electron chi connectivity index (χ1n) is 10.2. The first kappa shape index (κ1) is 19.1. The zero-order valence-electron chi connectivity index (χ0n) is 16.5. The Hall–Kier alpha value is -2.88. The molecule has 30 heavy (non-hydrogen) atoms. The molecule has 150 valence electrons. The minimum atomic E-state index is -0.827. The van der Waals surface area contributed by atoms with Gasteiger partial charge in [-0.2, -0.15) is 0 Å². The number of benzene rings is 3. The molecule has 4 heteroatoms. The van der Waals surface area contributed by atoms with E-state index in [2.05, 4.69) is 23.1 Å². The van der Waals surface area contributed by atoms with Crippen molar-refractivity contribution < 1.29 is 9.90 Å². The van der Waals surface area contributed by atoms with Gasteiger partial charge in [-0.3, -0.25) is 4.79 Å². The lowest BCUT2D eigenvalue weighted by Crippen LogP contribution is -2.55. The van der Waals surface area contributed by atoms with Crippen LogP contribution in [0.25, 0.3) is 5.57 Å². The van der Waals surface area contributed by atoms with E-state index in [0.717, 1.165) is 28.0 Å². The third kappa shape index (κ3) is 2.73. The molecule has 0 spiro atoms. The number of Topliss-reactive ketones (excluding diaryl/α,β-unsaturated/α-hetero) is 1. The lowest BCUT2D eigenvalue weighted by Gasteiger charge is -2.48. The van der Waals surface area contributed by atoms with E-state index in [1.165, 1.54) is 0 Å². The number of ketones is 1. The first-order chi connectivity index (χ1) is 14.7. The van der Waals surface area contributed by atoms with Crippen LogP contribution >= 0.6 is 11.6 Å². The molecule has 0 saturated carbocycles. The molecule has 0 bridgehead atoms. The summed E-state index contributed by atoms with van der Waals surface area (Å²) in [6.07, 6.45) is 3.29. The highest BCUT2D eigenvalue weighted by molar-refractivity contribution is 6.30. The van der Waals surface area contributed by atoms with Gasteiger partial charge in [0, 0.05) is 29.3 Å². The van der Waals surface area contributed by atoms with E-state index in [0.29, 0.717) is 17.9 Å². The zero-order valence-corrected chi connectivity index (χ0v) is 17.2. The number of hydrogen-bond donors (Lipinski definition) is 1. The van der Waals surface area contributed by atoms with Crippen molar-refractivity contribution in [3.8, 4) is 0 Å². The van der Waals surface area contributed by atoms with Crippen LogP contribution in [-0.4, -0.2) is 23.5 Å². The topological polar surface area (TPSA) is 40.5 Å². The van der Waals surface area contributed by atoms with Crippen molar-refractivity contribution in [2.75, 3.05) is 11.5 Å². The predicted octanol–water partition coefficient (Wildman–Crippen LogP) is 5.48. The number of hydrogen-bond acceptors (Lipinski definition) is 3. The van der Waals surface area contributed by atoms with Gasteiger partial charge >= 0.3 is 0 Å². The molecule has 0 aliphatic carbocycles. The first-order valence-corrected chi connectivity index (χ1v) is 10.6. The summed E-state index contributed by atoms with van der Waals surface area (Å²) in [6.45, 7) is 0.0401. The van der Waals surface area contributed by atoms with Crippen molar-refractivity contribution in [1.29, 1.82) is 0 Å². The number of para-hydroxylation sites is 1. The average molecular weight is 416 g/mol. The fourth-order valence-electron chi connectivity index (χ4n) is 5.03. The highest BCUT2D eigenvalue weighted by Crippen LogP contribution is 2.53. The Bertz CT molecular complexity index is 1120. The van der Waals surface area contributed by atoms with Gasteiger partial charge in [-0.15, -0.1) is 0 Å². The number of anilines is 1. The second-order valence-corrected chi connectivity index (χ2v) is 8.28. The van der Waals surface area contributed by atoms with Gasteiger partial charge in [0.1, 0.15) is 5.54 Å². The van der Waals surface area contributed by atoms with Crippen LogP contribution in [-0.2, 0) is 5.54 Å². The summed E-state index contributed by atoms with van der Waals surface area (Å²) in [5, 5.41) is 10.6. The molecule has 0 radical (unpaired) electrons. The van der Waals surface area contributed by atoms with Crippen LogP contribution in [0.5, 0.6) is 0 Å². The lowest BCUT2D eigenvalue weighted by molar-refractivity contribution is 0.0890. The molecule has 2 aliphatic heterocycles. The predicted molar refractivity (Wildman–Crippen MR) is 121 cm³/mol. The van der Waals surface area contributed by atoms with Crippen LogP contribution in [0.2, 0.25) is 5.02 Å². The summed E-state index contributed by atoms with van der Waals surface area (Å²) < 4.78 is 0. The molecule has 1 N–H and O–H groups in total. The molecule has 0 unspecified atom stereocenters. The molecule has 0 amide bonds. The Morgan fingerprint density at radius 2 is 1.67 bits per heavy atom. The number of rotatable bonds is 4. The van der Waals surface area contributed by atoms with E-state index in [1.54, 1.807) is 0 Å². The van der Waals surface area contributed by atoms with E-state index in [1.807, 2.05) is 66.7 Å². The summed E-state index contributed by atoms with van der Waals surface area (Å²) in [5.41, 5.74) is 4.04. The Morgan fingerprint density at radius 1 is 0.967 bits per heavy atom. The van der Waals surface area contributed by atoms with Gasteiger partial charge in [0.2, 0.25) is 0 Å². The van der Waals surface area contributed by atoms with Crippen molar-refractivity contribution >= 4 is 28.6 Å². The maximum Gasteiger partial charge on any atom is 0.195 e. The van der Waals surface area contributed by atoms with Gasteiger partial charge < -0.3 is 10.0 Å². The van der Waals surface area contributed by atoms with Crippen LogP contribution in [0.4, 0.5) is 5.69 Å². The minimum Gasteiger partial charge on any atom is -0.396 e. The Labute approximate surface area is 181 Å². The molecule has 2 heterocycles. The fraction of sp³-hybridized carbons (Fsp3) is 0.192. The summed E-state index contributed by atoms with van der Waals surface area (Å²) >= 11 is 6.15. The molecule has 0 aromatic heterocycles.